The van der Waals surface area contributed by atoms with Crippen molar-refractivity contribution >= 4 is 21.8 Å². The van der Waals surface area contributed by atoms with E-state index in [1.165, 1.54) is 38.6 Å². The molecule has 2 aromatic carbocycles. The quantitative estimate of drug-likeness (QED) is 0.386. The zero-order chi connectivity index (χ0) is 14.7. The van der Waals surface area contributed by atoms with Crippen molar-refractivity contribution in [3.05, 3.63) is 71.5 Å². The monoisotopic (exact) mass is 282 g/mol. The lowest BCUT2D eigenvalue weighted by Gasteiger charge is -2.09. The van der Waals surface area contributed by atoms with Crippen LogP contribution in [0.2, 0.25) is 0 Å². The van der Waals surface area contributed by atoms with Gasteiger partial charge in [0.05, 0.1) is 11.0 Å². The van der Waals surface area contributed by atoms with E-state index in [1.807, 2.05) is 18.5 Å². The predicted molar refractivity (Wildman–Crippen MR) is 90.0 cm³/mol. The van der Waals surface area contributed by atoms with E-state index >= 15 is 0 Å². The molecule has 0 bridgehead atoms. The molecule has 0 amide bonds. The van der Waals surface area contributed by atoms with Crippen molar-refractivity contribution < 1.29 is 0 Å². The van der Waals surface area contributed by atoms with Gasteiger partial charge in [-0.15, -0.1) is 0 Å². The maximum atomic E-state index is 4.76. The van der Waals surface area contributed by atoms with Gasteiger partial charge in [-0.3, -0.25) is 9.97 Å². The summed E-state index contributed by atoms with van der Waals surface area (Å²) in [4.78, 5) is 9.34. The van der Waals surface area contributed by atoms with Gasteiger partial charge in [-0.1, -0.05) is 30.3 Å². The van der Waals surface area contributed by atoms with Gasteiger partial charge >= 0.3 is 0 Å². The van der Waals surface area contributed by atoms with Gasteiger partial charge in [0.15, 0.2) is 0 Å². The highest BCUT2D eigenvalue weighted by atomic mass is 14.7. The van der Waals surface area contributed by atoms with Gasteiger partial charge in [-0.05, 0) is 47.7 Å². The highest BCUT2D eigenvalue weighted by Crippen LogP contribution is 2.40. The smallest absolute Gasteiger partial charge is 0.0968 e. The second-order valence-corrected chi connectivity index (χ2v) is 5.97. The number of fused-ring (bicyclic) bond motifs is 7. The molecule has 1 aliphatic rings. The average Bonchev–Trinajstić information content (AvgIpc) is 2.94. The Balaban J connectivity index is 1.94. The van der Waals surface area contributed by atoms with Crippen molar-refractivity contribution in [3.8, 4) is 11.1 Å². The number of hydrogen-bond donors (Lipinski definition) is 0. The maximum Gasteiger partial charge on any atom is 0.0968 e. The van der Waals surface area contributed by atoms with Crippen molar-refractivity contribution in [2.24, 2.45) is 0 Å². The molecule has 0 N–H and O–H groups in total. The summed E-state index contributed by atoms with van der Waals surface area (Å²) in [7, 11) is 0. The summed E-state index contributed by atoms with van der Waals surface area (Å²) in [6.45, 7) is 2.16. The van der Waals surface area contributed by atoms with E-state index in [0.29, 0.717) is 0 Å². The fraction of sp³-hybridized carbons (Fsp3) is 0.100. The zero-order valence-electron chi connectivity index (χ0n) is 12.3. The number of aryl methyl sites for hydroxylation is 1. The van der Waals surface area contributed by atoms with Crippen LogP contribution >= 0.6 is 0 Å². The van der Waals surface area contributed by atoms with Crippen LogP contribution < -0.4 is 0 Å². The summed E-state index contributed by atoms with van der Waals surface area (Å²) < 4.78 is 0. The molecule has 2 aromatic heterocycles. The summed E-state index contributed by atoms with van der Waals surface area (Å²) >= 11 is 0. The van der Waals surface area contributed by atoms with E-state index in [2.05, 4.69) is 48.3 Å². The highest BCUT2D eigenvalue weighted by molar-refractivity contribution is 6.07. The molecule has 2 heterocycles. The Morgan fingerprint density at radius 3 is 2.68 bits per heavy atom. The first-order valence-corrected chi connectivity index (χ1v) is 7.57. The van der Waals surface area contributed by atoms with Crippen molar-refractivity contribution in [2.75, 3.05) is 0 Å². The molecule has 0 aliphatic heterocycles. The Hall–Kier alpha value is -2.74. The zero-order valence-corrected chi connectivity index (χ0v) is 12.3. The lowest BCUT2D eigenvalue weighted by molar-refractivity contribution is 1.27. The minimum atomic E-state index is 0.988. The molecular weight excluding hydrogens is 268 g/mol. The third-order valence-electron chi connectivity index (χ3n) is 4.72. The number of nitrogens with zero attached hydrogens (tertiary/aromatic N) is 2. The molecule has 0 radical (unpaired) electrons. The second kappa shape index (κ2) is 4.14. The topological polar surface area (TPSA) is 25.8 Å². The minimum Gasteiger partial charge on any atom is -0.254 e. The standard InChI is InChI=1S/C20H14N2/c1-12-9-17-16-10-13-5-2-3-6-15(13)18(16)11-22-20(17)19-14(12)7-4-8-21-19/h2-9,11H,10H2,1H3. The molecule has 1 aliphatic carbocycles. The fourth-order valence-electron chi connectivity index (χ4n) is 3.67. The molecule has 2 heteroatoms. The normalized spacial score (nSPS) is 12.6. The Morgan fingerprint density at radius 2 is 1.73 bits per heavy atom. The SMILES string of the molecule is Cc1cc2c3c(cnc2c2ncccc12)-c1ccccc1C3. The van der Waals surface area contributed by atoms with Crippen LogP contribution in [-0.4, -0.2) is 9.97 Å². The van der Waals surface area contributed by atoms with Gasteiger partial charge in [-0.2, -0.15) is 0 Å². The highest BCUT2D eigenvalue weighted by Gasteiger charge is 2.21. The van der Waals surface area contributed by atoms with Gasteiger partial charge < -0.3 is 0 Å². The molecular formula is C20H14N2. The summed E-state index contributed by atoms with van der Waals surface area (Å²) in [6.07, 6.45) is 4.86. The molecule has 0 spiro atoms. The first kappa shape index (κ1) is 11.9. The Kier molecular flexibility index (Phi) is 2.23. The molecule has 0 unspecified atom stereocenters. The largest absolute Gasteiger partial charge is 0.254 e. The molecule has 0 fully saturated rings. The summed E-state index contributed by atoms with van der Waals surface area (Å²) in [5.74, 6) is 0. The van der Waals surface area contributed by atoms with Crippen LogP contribution in [0.3, 0.4) is 0 Å². The van der Waals surface area contributed by atoms with Crippen molar-refractivity contribution in [1.82, 2.24) is 9.97 Å². The van der Waals surface area contributed by atoms with Crippen molar-refractivity contribution in [3.63, 3.8) is 0 Å². The first-order chi connectivity index (χ1) is 10.8. The Bertz CT molecular complexity index is 1060. The molecule has 0 saturated carbocycles. The third-order valence-corrected chi connectivity index (χ3v) is 4.72. The van der Waals surface area contributed by atoms with Crippen LogP contribution in [0.1, 0.15) is 16.7 Å². The number of pyridine rings is 2. The number of hydrogen-bond acceptors (Lipinski definition) is 2. The summed E-state index contributed by atoms with van der Waals surface area (Å²) in [5.41, 5.74) is 8.68. The predicted octanol–water partition coefficient (Wildman–Crippen LogP) is 4.66. The van der Waals surface area contributed by atoms with Crippen LogP contribution in [0.5, 0.6) is 0 Å². The van der Waals surface area contributed by atoms with E-state index in [1.54, 1.807) is 0 Å². The molecule has 4 aromatic rings. The van der Waals surface area contributed by atoms with Crippen LogP contribution in [0.25, 0.3) is 32.9 Å². The van der Waals surface area contributed by atoms with Crippen molar-refractivity contribution in [1.29, 1.82) is 0 Å². The number of benzene rings is 2. The average molecular weight is 282 g/mol. The first-order valence-electron chi connectivity index (χ1n) is 7.57. The van der Waals surface area contributed by atoms with Gasteiger partial charge in [0.25, 0.3) is 0 Å². The molecule has 104 valence electrons. The van der Waals surface area contributed by atoms with E-state index in [9.17, 15) is 0 Å². The molecule has 0 saturated heterocycles. The second-order valence-electron chi connectivity index (χ2n) is 5.97. The van der Waals surface area contributed by atoms with Crippen LogP contribution in [-0.2, 0) is 6.42 Å². The van der Waals surface area contributed by atoms with Gasteiger partial charge in [-0.25, -0.2) is 0 Å². The Morgan fingerprint density at radius 1 is 0.864 bits per heavy atom. The lowest BCUT2D eigenvalue weighted by atomic mass is 9.99. The van der Waals surface area contributed by atoms with E-state index in [0.717, 1.165) is 17.5 Å². The van der Waals surface area contributed by atoms with Gasteiger partial charge in [0.2, 0.25) is 0 Å². The fourth-order valence-corrected chi connectivity index (χ4v) is 3.67. The Labute approximate surface area is 128 Å². The minimum absolute atomic E-state index is 0.988. The third kappa shape index (κ3) is 1.44. The molecule has 2 nitrogen and oxygen atoms in total. The van der Waals surface area contributed by atoms with Crippen LogP contribution in [0, 0.1) is 6.92 Å². The number of aromatic nitrogens is 2. The molecule has 0 atom stereocenters. The van der Waals surface area contributed by atoms with Crippen LogP contribution in [0.15, 0.2) is 54.9 Å². The van der Waals surface area contributed by atoms with Gasteiger partial charge in [0.1, 0.15) is 0 Å². The molecule has 5 rings (SSSR count). The lowest BCUT2D eigenvalue weighted by Crippen LogP contribution is -1.92. The van der Waals surface area contributed by atoms with Gasteiger partial charge in [0, 0.05) is 28.7 Å². The van der Waals surface area contributed by atoms with E-state index in [-0.39, 0.29) is 0 Å². The van der Waals surface area contributed by atoms with Crippen molar-refractivity contribution in [2.45, 2.75) is 13.3 Å². The van der Waals surface area contributed by atoms with Crippen LogP contribution in [0.4, 0.5) is 0 Å². The summed E-state index contributed by atoms with van der Waals surface area (Å²) in [6, 6.07) is 15.0. The number of rotatable bonds is 0. The maximum absolute atomic E-state index is 4.76. The molecule has 22 heavy (non-hydrogen) atoms. The van der Waals surface area contributed by atoms with E-state index in [4.69, 9.17) is 4.98 Å². The van der Waals surface area contributed by atoms with E-state index < -0.39 is 0 Å². The summed E-state index contributed by atoms with van der Waals surface area (Å²) in [5, 5.41) is 2.44.